The lowest BCUT2D eigenvalue weighted by Crippen LogP contribution is -2.30. The summed E-state index contributed by atoms with van der Waals surface area (Å²) < 4.78 is 68.7. The van der Waals surface area contributed by atoms with Crippen LogP contribution in [0.3, 0.4) is 0 Å². The quantitative estimate of drug-likeness (QED) is 0.0169. The van der Waals surface area contributed by atoms with Crippen LogP contribution < -0.4 is 0 Å². The predicted octanol–water partition coefficient (Wildman–Crippen LogP) is 23.7. The molecule has 3 N–H and O–H groups in total. The highest BCUT2D eigenvalue weighted by Gasteiger charge is 2.30. The molecule has 0 aliphatic rings. The molecule has 0 spiro atoms. The Kier molecular flexibility index (Phi) is 72.0. The predicted molar refractivity (Wildman–Crippen MR) is 405 cm³/mol. The standard InChI is InChI=1S/C80H152O17P2/c1-5-9-13-17-21-25-29-33-36-39-43-47-51-55-59-63-67-80(85)97-76(71-91-78(83)65-61-57-53-49-45-41-37-34-30-26-22-18-14-10-6-2)73-95-99(88,89)93-69-74(81)68-92-98(86,87)94-72-75(70-90-77(82)64-60-56-52-48-44-40-32-28-24-20-16-12-8-4)96-79(84)66-62-58-54-50-46-42-38-35-31-27-23-19-15-11-7-3/h26,30,34,37,74-76,81H,5-25,27-29,31-33,35-36,38-73H2,1-4H3,(H,86,87)(H,88,89)/b30-26-,37-34-/t74-,75+,76+/m0/s1. The molecule has 99 heavy (non-hydrogen) atoms. The molecule has 0 bridgehead atoms. The van der Waals surface area contributed by atoms with Crippen LogP contribution in [-0.4, -0.2) is 96.7 Å². The Labute approximate surface area is 605 Å². The van der Waals surface area contributed by atoms with Gasteiger partial charge in [-0.3, -0.25) is 37.3 Å². The van der Waals surface area contributed by atoms with Crippen molar-refractivity contribution in [1.82, 2.24) is 0 Å². The Morgan fingerprint density at radius 2 is 0.485 bits per heavy atom. The average Bonchev–Trinajstić information content (AvgIpc) is 0.992. The highest BCUT2D eigenvalue weighted by molar-refractivity contribution is 7.47. The number of phosphoric acid groups is 2. The maximum Gasteiger partial charge on any atom is 0.472 e. The van der Waals surface area contributed by atoms with Crippen molar-refractivity contribution in [2.24, 2.45) is 0 Å². The molecule has 0 fully saturated rings. The van der Waals surface area contributed by atoms with Crippen molar-refractivity contribution >= 4 is 39.5 Å². The van der Waals surface area contributed by atoms with Gasteiger partial charge >= 0.3 is 39.5 Å². The van der Waals surface area contributed by atoms with E-state index < -0.39 is 97.5 Å². The molecule has 0 aromatic carbocycles. The van der Waals surface area contributed by atoms with E-state index in [1.165, 1.54) is 218 Å². The zero-order chi connectivity index (χ0) is 72.5. The summed E-state index contributed by atoms with van der Waals surface area (Å²) in [5.41, 5.74) is 0. The molecule has 0 rings (SSSR count). The summed E-state index contributed by atoms with van der Waals surface area (Å²) in [6, 6.07) is 0. The van der Waals surface area contributed by atoms with Gasteiger partial charge in [-0.05, 0) is 51.4 Å². The van der Waals surface area contributed by atoms with Gasteiger partial charge in [-0.1, -0.05) is 354 Å². The van der Waals surface area contributed by atoms with Crippen LogP contribution in [0, 0.1) is 0 Å². The molecule has 0 aromatic rings. The van der Waals surface area contributed by atoms with Gasteiger partial charge < -0.3 is 33.8 Å². The number of rotatable bonds is 79. The number of unbranched alkanes of at least 4 members (excludes halogenated alkanes) is 50. The highest BCUT2D eigenvalue weighted by Crippen LogP contribution is 2.45. The normalized spacial score (nSPS) is 14.0. The van der Waals surface area contributed by atoms with Crippen LogP contribution in [0.1, 0.15) is 407 Å². The van der Waals surface area contributed by atoms with E-state index in [1.807, 2.05) is 0 Å². The Hall–Kier alpha value is -2.46. The van der Waals surface area contributed by atoms with Gasteiger partial charge in [0.05, 0.1) is 26.4 Å². The number of aliphatic hydroxyl groups is 1. The Morgan fingerprint density at radius 3 is 0.737 bits per heavy atom. The first-order chi connectivity index (χ1) is 48.2. The molecule has 19 heteroatoms. The van der Waals surface area contributed by atoms with Crippen molar-refractivity contribution in [3.05, 3.63) is 24.3 Å². The molecule has 0 aromatic heterocycles. The number of hydrogen-bond donors (Lipinski definition) is 3. The van der Waals surface area contributed by atoms with Crippen LogP contribution in [0.25, 0.3) is 0 Å². The second-order valence-electron chi connectivity index (χ2n) is 28.1. The van der Waals surface area contributed by atoms with E-state index in [0.29, 0.717) is 25.7 Å². The minimum absolute atomic E-state index is 0.102. The van der Waals surface area contributed by atoms with Crippen molar-refractivity contribution in [3.63, 3.8) is 0 Å². The van der Waals surface area contributed by atoms with Gasteiger partial charge in [-0.15, -0.1) is 0 Å². The van der Waals surface area contributed by atoms with E-state index in [4.69, 9.17) is 37.0 Å². The molecule has 584 valence electrons. The van der Waals surface area contributed by atoms with Crippen LogP contribution in [0.2, 0.25) is 0 Å². The van der Waals surface area contributed by atoms with Crippen molar-refractivity contribution in [2.75, 3.05) is 39.6 Å². The highest BCUT2D eigenvalue weighted by atomic mass is 31.2. The third-order valence-electron chi connectivity index (χ3n) is 18.2. The summed E-state index contributed by atoms with van der Waals surface area (Å²) in [6.07, 6.45) is 68.6. The van der Waals surface area contributed by atoms with Gasteiger partial charge in [0.1, 0.15) is 19.3 Å². The van der Waals surface area contributed by atoms with E-state index in [0.717, 1.165) is 109 Å². The molecule has 0 saturated heterocycles. The van der Waals surface area contributed by atoms with Crippen LogP contribution >= 0.6 is 15.6 Å². The number of phosphoric ester groups is 2. The fourth-order valence-electron chi connectivity index (χ4n) is 11.9. The first-order valence-electron chi connectivity index (χ1n) is 41.1. The number of esters is 4. The number of allylic oxidation sites excluding steroid dienone is 4. The maximum absolute atomic E-state index is 13.1. The lowest BCUT2D eigenvalue weighted by Gasteiger charge is -2.21. The fraction of sp³-hybridized carbons (Fsp3) is 0.900. The van der Waals surface area contributed by atoms with E-state index in [9.17, 15) is 43.2 Å². The van der Waals surface area contributed by atoms with Gasteiger partial charge in [0.25, 0.3) is 0 Å². The van der Waals surface area contributed by atoms with Gasteiger partial charge in [0.2, 0.25) is 0 Å². The van der Waals surface area contributed by atoms with Crippen LogP contribution in [0.4, 0.5) is 0 Å². The number of carbonyl (C=O) groups is 4. The summed E-state index contributed by atoms with van der Waals surface area (Å²) in [5, 5.41) is 10.6. The molecule has 0 saturated carbocycles. The molecule has 2 unspecified atom stereocenters. The van der Waals surface area contributed by atoms with Gasteiger partial charge in [-0.25, -0.2) is 9.13 Å². The van der Waals surface area contributed by atoms with Crippen molar-refractivity contribution in [2.45, 2.75) is 425 Å². The molecule has 17 nitrogen and oxygen atoms in total. The Morgan fingerprint density at radius 1 is 0.283 bits per heavy atom. The SMILES string of the molecule is CCCCCC/C=C\C=C/CCCCCCCC(=O)OC[C@H](COP(=O)(O)OC[C@@H](O)COP(=O)(O)OC[C@@H](COC(=O)CCCCCCCCCCCCCCC)OC(=O)CCCCCCCCCCCCCCCCC)OC(=O)CCCCCCCCCCCCCCCCCC. The third kappa shape index (κ3) is 73.6. The summed E-state index contributed by atoms with van der Waals surface area (Å²) in [6.45, 7) is 4.96. The maximum atomic E-state index is 13.1. The minimum Gasteiger partial charge on any atom is -0.462 e. The molecular formula is C80H152O17P2. The molecule has 0 amide bonds. The largest absolute Gasteiger partial charge is 0.472 e. The smallest absolute Gasteiger partial charge is 0.462 e. The summed E-state index contributed by atoms with van der Waals surface area (Å²) >= 11 is 0. The number of hydrogen-bond acceptors (Lipinski definition) is 15. The summed E-state index contributed by atoms with van der Waals surface area (Å²) in [4.78, 5) is 73.0. The van der Waals surface area contributed by atoms with Gasteiger partial charge in [0, 0.05) is 25.7 Å². The van der Waals surface area contributed by atoms with Crippen molar-refractivity contribution < 1.29 is 80.2 Å². The Bertz CT molecular complexity index is 1970. The van der Waals surface area contributed by atoms with E-state index >= 15 is 0 Å². The monoisotopic (exact) mass is 1450 g/mol. The van der Waals surface area contributed by atoms with Crippen LogP contribution in [0.5, 0.6) is 0 Å². The van der Waals surface area contributed by atoms with E-state index in [-0.39, 0.29) is 25.7 Å². The fourth-order valence-corrected chi connectivity index (χ4v) is 13.5. The molecule has 0 radical (unpaired) electrons. The van der Waals surface area contributed by atoms with Crippen molar-refractivity contribution in [3.8, 4) is 0 Å². The van der Waals surface area contributed by atoms with Crippen LogP contribution in [0.15, 0.2) is 24.3 Å². The molecular weight excluding hydrogens is 1290 g/mol. The second-order valence-corrected chi connectivity index (χ2v) is 31.0. The topological polar surface area (TPSA) is 237 Å². The number of carbonyl (C=O) groups excluding carboxylic acids is 4. The van der Waals surface area contributed by atoms with Gasteiger partial charge in [-0.2, -0.15) is 0 Å². The first kappa shape index (κ1) is 96.5. The lowest BCUT2D eigenvalue weighted by molar-refractivity contribution is -0.161. The summed E-state index contributed by atoms with van der Waals surface area (Å²) in [5.74, 6) is -2.13. The van der Waals surface area contributed by atoms with Crippen LogP contribution in [-0.2, 0) is 65.4 Å². The zero-order valence-corrected chi connectivity index (χ0v) is 65.7. The van der Waals surface area contributed by atoms with Crippen molar-refractivity contribution in [1.29, 1.82) is 0 Å². The molecule has 0 heterocycles. The molecule has 0 aliphatic heterocycles. The zero-order valence-electron chi connectivity index (χ0n) is 64.0. The first-order valence-corrected chi connectivity index (χ1v) is 44.1. The Balaban J connectivity index is 5.30. The second kappa shape index (κ2) is 73.8. The number of ether oxygens (including phenoxy) is 4. The van der Waals surface area contributed by atoms with E-state index in [1.54, 1.807) is 0 Å². The lowest BCUT2D eigenvalue weighted by atomic mass is 10.0. The van der Waals surface area contributed by atoms with E-state index in [2.05, 4.69) is 52.0 Å². The minimum atomic E-state index is -4.97. The molecule has 5 atom stereocenters. The molecule has 0 aliphatic carbocycles. The number of aliphatic hydroxyl groups excluding tert-OH is 1. The summed E-state index contributed by atoms with van der Waals surface area (Å²) in [7, 11) is -9.93. The third-order valence-corrected chi connectivity index (χ3v) is 20.1. The van der Waals surface area contributed by atoms with Gasteiger partial charge in [0.15, 0.2) is 12.2 Å². The average molecular weight is 1450 g/mol.